The standard InChI is InChI=1S/C23H23N3O3S/c1-17-6-8-21(9-7-17)30(28,29)26-16-20-5-3-2-4-19(20)14-22(26)23(27)25-15-18-10-12-24-13-11-18/h2-13,22H,14-16H2,1H3,(H,25,27)/t22-/m0/s1. The van der Waals surface area contributed by atoms with Gasteiger partial charge in [-0.2, -0.15) is 4.31 Å². The van der Waals surface area contributed by atoms with Crippen molar-refractivity contribution >= 4 is 15.9 Å². The van der Waals surface area contributed by atoms with Crippen LogP contribution in [0.3, 0.4) is 0 Å². The predicted molar refractivity (Wildman–Crippen MR) is 114 cm³/mol. The fourth-order valence-electron chi connectivity index (χ4n) is 3.63. The summed E-state index contributed by atoms with van der Waals surface area (Å²) in [5.74, 6) is -0.308. The van der Waals surface area contributed by atoms with E-state index < -0.39 is 16.1 Å². The average molecular weight is 422 g/mol. The van der Waals surface area contributed by atoms with E-state index in [1.165, 1.54) is 4.31 Å². The van der Waals surface area contributed by atoms with Gasteiger partial charge >= 0.3 is 0 Å². The van der Waals surface area contributed by atoms with Crippen molar-refractivity contribution in [1.29, 1.82) is 0 Å². The summed E-state index contributed by atoms with van der Waals surface area (Å²) in [7, 11) is -3.84. The molecule has 1 atom stereocenters. The fourth-order valence-corrected chi connectivity index (χ4v) is 5.19. The number of hydrogen-bond acceptors (Lipinski definition) is 4. The van der Waals surface area contributed by atoms with Gasteiger partial charge in [0.05, 0.1) is 4.90 Å². The van der Waals surface area contributed by atoms with Crippen molar-refractivity contribution in [1.82, 2.24) is 14.6 Å². The molecule has 0 saturated carbocycles. The van der Waals surface area contributed by atoms with E-state index in [0.717, 1.165) is 22.3 Å². The van der Waals surface area contributed by atoms with Crippen LogP contribution in [0.4, 0.5) is 0 Å². The molecule has 0 fully saturated rings. The number of fused-ring (bicyclic) bond motifs is 1. The van der Waals surface area contributed by atoms with Gasteiger partial charge in [0.25, 0.3) is 0 Å². The van der Waals surface area contributed by atoms with E-state index in [0.29, 0.717) is 13.0 Å². The smallest absolute Gasteiger partial charge is 0.244 e. The Morgan fingerprint density at radius 3 is 2.40 bits per heavy atom. The Morgan fingerprint density at radius 1 is 1.03 bits per heavy atom. The van der Waals surface area contributed by atoms with Crippen LogP contribution in [0.1, 0.15) is 22.3 Å². The maximum absolute atomic E-state index is 13.4. The molecule has 2 heterocycles. The summed E-state index contributed by atoms with van der Waals surface area (Å²) in [5, 5.41) is 2.89. The Morgan fingerprint density at radius 2 is 1.70 bits per heavy atom. The molecule has 4 rings (SSSR count). The molecule has 0 aliphatic carbocycles. The third-order valence-electron chi connectivity index (χ3n) is 5.35. The van der Waals surface area contributed by atoms with Crippen molar-refractivity contribution in [2.75, 3.05) is 0 Å². The first kappa shape index (κ1) is 20.3. The van der Waals surface area contributed by atoms with Crippen LogP contribution in [-0.2, 0) is 34.3 Å². The van der Waals surface area contributed by atoms with Crippen molar-refractivity contribution in [3.63, 3.8) is 0 Å². The number of rotatable bonds is 5. The number of aryl methyl sites for hydroxylation is 1. The van der Waals surface area contributed by atoms with Crippen molar-refractivity contribution in [2.24, 2.45) is 0 Å². The van der Waals surface area contributed by atoms with Gasteiger partial charge in [0.1, 0.15) is 6.04 Å². The van der Waals surface area contributed by atoms with Gasteiger partial charge in [-0.1, -0.05) is 42.0 Å². The first-order valence-corrected chi connectivity index (χ1v) is 11.2. The lowest BCUT2D eigenvalue weighted by atomic mass is 9.95. The molecular formula is C23H23N3O3S. The van der Waals surface area contributed by atoms with E-state index >= 15 is 0 Å². The summed E-state index contributed by atoms with van der Waals surface area (Å²) < 4.78 is 28.2. The summed E-state index contributed by atoms with van der Waals surface area (Å²) in [6.45, 7) is 2.39. The molecule has 0 bridgehead atoms. The van der Waals surface area contributed by atoms with Crippen LogP contribution in [0.15, 0.2) is 78.0 Å². The number of aromatic nitrogens is 1. The molecule has 6 nitrogen and oxygen atoms in total. The molecule has 1 aliphatic rings. The highest BCUT2D eigenvalue weighted by Crippen LogP contribution is 2.29. The molecule has 0 unspecified atom stereocenters. The number of hydrogen-bond donors (Lipinski definition) is 1. The molecule has 1 aliphatic heterocycles. The molecule has 2 aromatic carbocycles. The van der Waals surface area contributed by atoms with Crippen molar-refractivity contribution in [3.05, 3.63) is 95.3 Å². The van der Waals surface area contributed by atoms with Crippen LogP contribution >= 0.6 is 0 Å². The van der Waals surface area contributed by atoms with Crippen LogP contribution < -0.4 is 5.32 Å². The third kappa shape index (κ3) is 4.13. The molecular weight excluding hydrogens is 398 g/mol. The topological polar surface area (TPSA) is 79.4 Å². The number of pyridine rings is 1. The molecule has 3 aromatic rings. The lowest BCUT2D eigenvalue weighted by Crippen LogP contribution is -2.52. The average Bonchev–Trinajstić information content (AvgIpc) is 2.77. The quantitative estimate of drug-likeness (QED) is 0.687. The van der Waals surface area contributed by atoms with E-state index in [9.17, 15) is 13.2 Å². The second-order valence-electron chi connectivity index (χ2n) is 7.43. The van der Waals surface area contributed by atoms with Gasteiger partial charge in [-0.25, -0.2) is 8.42 Å². The lowest BCUT2D eigenvalue weighted by Gasteiger charge is -2.35. The first-order chi connectivity index (χ1) is 14.4. The summed E-state index contributed by atoms with van der Waals surface area (Å²) in [4.78, 5) is 17.3. The van der Waals surface area contributed by atoms with E-state index in [2.05, 4.69) is 10.3 Å². The number of carbonyl (C=O) groups is 1. The summed E-state index contributed by atoms with van der Waals surface area (Å²) >= 11 is 0. The summed E-state index contributed by atoms with van der Waals surface area (Å²) in [6, 6.07) is 17.2. The Kier molecular flexibility index (Phi) is 5.65. The number of nitrogens with one attached hydrogen (secondary N) is 1. The van der Waals surface area contributed by atoms with Crippen molar-refractivity contribution in [3.8, 4) is 0 Å². The Balaban J connectivity index is 1.65. The molecule has 1 amide bonds. The highest BCUT2D eigenvalue weighted by atomic mass is 32.2. The van der Waals surface area contributed by atoms with Gasteiger partial charge < -0.3 is 5.32 Å². The molecule has 0 spiro atoms. The summed E-state index contributed by atoms with van der Waals surface area (Å²) in [6.07, 6.45) is 3.66. The maximum atomic E-state index is 13.4. The zero-order valence-electron chi connectivity index (χ0n) is 16.7. The molecule has 1 aromatic heterocycles. The van der Waals surface area contributed by atoms with E-state index in [1.54, 1.807) is 36.7 Å². The van der Waals surface area contributed by atoms with Gasteiger partial charge in [0, 0.05) is 25.5 Å². The Labute approximate surface area is 176 Å². The van der Waals surface area contributed by atoms with Crippen molar-refractivity contribution in [2.45, 2.75) is 37.4 Å². The number of amides is 1. The van der Waals surface area contributed by atoms with Crippen LogP contribution in [0.25, 0.3) is 0 Å². The SMILES string of the molecule is Cc1ccc(S(=O)(=O)N2Cc3ccccc3C[C@H]2C(=O)NCc2ccncc2)cc1. The van der Waals surface area contributed by atoms with Crippen LogP contribution in [0.5, 0.6) is 0 Å². The van der Waals surface area contributed by atoms with Gasteiger partial charge in [-0.15, -0.1) is 0 Å². The predicted octanol–water partition coefficient (Wildman–Crippen LogP) is 2.82. The largest absolute Gasteiger partial charge is 0.351 e. The number of benzene rings is 2. The second-order valence-corrected chi connectivity index (χ2v) is 9.32. The number of carbonyl (C=O) groups excluding carboxylic acids is 1. The number of nitrogens with zero attached hydrogens (tertiary/aromatic N) is 2. The van der Waals surface area contributed by atoms with Gasteiger partial charge in [0.2, 0.25) is 15.9 Å². The Bertz CT molecular complexity index is 1150. The van der Waals surface area contributed by atoms with Gasteiger partial charge in [-0.05, 0) is 54.3 Å². The molecule has 30 heavy (non-hydrogen) atoms. The normalized spacial score (nSPS) is 16.6. The van der Waals surface area contributed by atoms with Crippen molar-refractivity contribution < 1.29 is 13.2 Å². The van der Waals surface area contributed by atoms with Gasteiger partial charge in [0.15, 0.2) is 0 Å². The minimum atomic E-state index is -3.84. The fraction of sp³-hybridized carbons (Fsp3) is 0.217. The minimum absolute atomic E-state index is 0.166. The molecule has 0 radical (unpaired) electrons. The monoisotopic (exact) mass is 421 g/mol. The molecule has 0 saturated heterocycles. The third-order valence-corrected chi connectivity index (χ3v) is 7.22. The molecule has 154 valence electrons. The summed E-state index contributed by atoms with van der Waals surface area (Å²) in [5.41, 5.74) is 3.80. The highest BCUT2D eigenvalue weighted by Gasteiger charge is 2.39. The molecule has 7 heteroatoms. The molecule has 1 N–H and O–H groups in total. The van der Waals surface area contributed by atoms with E-state index in [-0.39, 0.29) is 17.3 Å². The van der Waals surface area contributed by atoms with Crippen LogP contribution in [0, 0.1) is 6.92 Å². The lowest BCUT2D eigenvalue weighted by molar-refractivity contribution is -0.125. The van der Waals surface area contributed by atoms with Crippen LogP contribution in [-0.4, -0.2) is 29.7 Å². The second kappa shape index (κ2) is 8.38. The zero-order chi connectivity index (χ0) is 21.1. The maximum Gasteiger partial charge on any atom is 0.244 e. The number of sulfonamides is 1. The van der Waals surface area contributed by atoms with E-state index in [4.69, 9.17) is 0 Å². The zero-order valence-corrected chi connectivity index (χ0v) is 17.5. The Hall–Kier alpha value is -3.03. The highest BCUT2D eigenvalue weighted by molar-refractivity contribution is 7.89. The minimum Gasteiger partial charge on any atom is -0.351 e. The van der Waals surface area contributed by atoms with Crippen LogP contribution in [0.2, 0.25) is 0 Å². The first-order valence-electron chi connectivity index (χ1n) is 9.77. The van der Waals surface area contributed by atoms with E-state index in [1.807, 2.05) is 43.3 Å². The van der Waals surface area contributed by atoms with Gasteiger partial charge in [-0.3, -0.25) is 9.78 Å².